The molecule has 2 aliphatic rings. The van der Waals surface area contributed by atoms with Gasteiger partial charge in [0.2, 0.25) is 10.0 Å². The number of imidazole rings is 1. The van der Waals surface area contributed by atoms with E-state index < -0.39 is 10.0 Å². The summed E-state index contributed by atoms with van der Waals surface area (Å²) in [4.78, 5) is 19.5. The molecule has 0 bridgehead atoms. The fourth-order valence-corrected chi connectivity index (χ4v) is 4.68. The highest BCUT2D eigenvalue weighted by Crippen LogP contribution is 2.25. The molecule has 1 aliphatic heterocycles. The number of hydrogen-bond acceptors (Lipinski definition) is 5. The van der Waals surface area contributed by atoms with E-state index in [1.807, 2.05) is 17.8 Å². The summed E-state index contributed by atoms with van der Waals surface area (Å²) in [6.45, 7) is 1.83. The van der Waals surface area contributed by atoms with Crippen LogP contribution in [0.25, 0.3) is 0 Å². The van der Waals surface area contributed by atoms with Crippen LogP contribution >= 0.6 is 0 Å². The molecule has 2 fully saturated rings. The lowest BCUT2D eigenvalue weighted by atomic mass is 10.1. The molecule has 1 saturated heterocycles. The standard InChI is InChI=1S/C18H23N5O3S/c1-22-9-8-20-17(22)16-12-19-7-10-23(16)18(24)13-3-2-4-15(11-13)27(25,26)21-14-5-6-14/h2-4,8-9,11,14,16,19,21H,5-7,10,12H2,1H3. The highest BCUT2D eigenvalue weighted by Gasteiger charge is 2.32. The lowest BCUT2D eigenvalue weighted by Gasteiger charge is -2.35. The van der Waals surface area contributed by atoms with Crippen molar-refractivity contribution < 1.29 is 13.2 Å². The minimum Gasteiger partial charge on any atom is -0.336 e. The maximum absolute atomic E-state index is 13.2. The lowest BCUT2D eigenvalue weighted by molar-refractivity contribution is 0.0620. The van der Waals surface area contributed by atoms with Gasteiger partial charge in [-0.3, -0.25) is 4.79 Å². The van der Waals surface area contributed by atoms with Gasteiger partial charge in [-0.15, -0.1) is 0 Å². The van der Waals surface area contributed by atoms with Gasteiger partial charge in [-0.25, -0.2) is 18.1 Å². The van der Waals surface area contributed by atoms with Gasteiger partial charge in [0.1, 0.15) is 11.9 Å². The first kappa shape index (κ1) is 18.1. The van der Waals surface area contributed by atoms with Gasteiger partial charge in [0.15, 0.2) is 0 Å². The van der Waals surface area contributed by atoms with Crippen LogP contribution in [0.5, 0.6) is 0 Å². The van der Waals surface area contributed by atoms with Crippen molar-refractivity contribution in [1.82, 2.24) is 24.5 Å². The number of sulfonamides is 1. The van der Waals surface area contributed by atoms with Crippen molar-refractivity contribution in [2.45, 2.75) is 29.8 Å². The second kappa shape index (κ2) is 7.06. The SMILES string of the molecule is Cn1ccnc1C1CNCCN1C(=O)c1cccc(S(=O)(=O)NC2CC2)c1. The van der Waals surface area contributed by atoms with Gasteiger partial charge in [-0.1, -0.05) is 6.07 Å². The summed E-state index contributed by atoms with van der Waals surface area (Å²) < 4.78 is 29.5. The fraction of sp³-hybridized carbons (Fsp3) is 0.444. The Balaban J connectivity index is 1.61. The molecule has 27 heavy (non-hydrogen) atoms. The van der Waals surface area contributed by atoms with E-state index in [0.717, 1.165) is 18.7 Å². The van der Waals surface area contributed by atoms with Gasteiger partial charge >= 0.3 is 0 Å². The number of carbonyl (C=O) groups is 1. The van der Waals surface area contributed by atoms with Crippen LogP contribution in [0, 0.1) is 0 Å². The Kier molecular flexibility index (Phi) is 4.75. The summed E-state index contributed by atoms with van der Waals surface area (Å²) in [5.74, 6) is 0.614. The zero-order valence-electron chi connectivity index (χ0n) is 15.1. The summed E-state index contributed by atoms with van der Waals surface area (Å²) >= 11 is 0. The number of hydrogen-bond donors (Lipinski definition) is 2. The number of piperazine rings is 1. The first-order chi connectivity index (χ1) is 13.0. The molecule has 1 aromatic heterocycles. The van der Waals surface area contributed by atoms with Crippen molar-refractivity contribution in [3.63, 3.8) is 0 Å². The summed E-state index contributed by atoms with van der Waals surface area (Å²) in [7, 11) is -1.70. The van der Waals surface area contributed by atoms with E-state index in [-0.39, 0.29) is 22.9 Å². The third-order valence-corrected chi connectivity index (χ3v) is 6.47. The highest BCUT2D eigenvalue weighted by atomic mass is 32.2. The van der Waals surface area contributed by atoms with E-state index in [4.69, 9.17) is 0 Å². The molecule has 144 valence electrons. The number of amides is 1. The quantitative estimate of drug-likeness (QED) is 0.783. The van der Waals surface area contributed by atoms with E-state index in [1.54, 1.807) is 23.2 Å². The lowest BCUT2D eigenvalue weighted by Crippen LogP contribution is -2.49. The molecule has 2 heterocycles. The largest absolute Gasteiger partial charge is 0.336 e. The molecule has 0 spiro atoms. The zero-order chi connectivity index (χ0) is 19.0. The van der Waals surface area contributed by atoms with Crippen LogP contribution in [-0.2, 0) is 17.1 Å². The molecule has 9 heteroatoms. The maximum Gasteiger partial charge on any atom is 0.254 e. The summed E-state index contributed by atoms with van der Waals surface area (Å²) in [6.07, 6.45) is 5.29. The first-order valence-corrected chi connectivity index (χ1v) is 10.6. The normalized spacial score (nSPS) is 20.6. The van der Waals surface area contributed by atoms with Crippen molar-refractivity contribution in [3.8, 4) is 0 Å². The van der Waals surface area contributed by atoms with Gasteiger partial charge in [0.25, 0.3) is 5.91 Å². The minimum absolute atomic E-state index is 0.0234. The van der Waals surface area contributed by atoms with Crippen molar-refractivity contribution >= 4 is 15.9 Å². The van der Waals surface area contributed by atoms with Gasteiger partial charge < -0.3 is 14.8 Å². The van der Waals surface area contributed by atoms with Crippen molar-refractivity contribution in [1.29, 1.82) is 0 Å². The smallest absolute Gasteiger partial charge is 0.254 e. The molecule has 1 atom stereocenters. The fourth-order valence-electron chi connectivity index (χ4n) is 3.33. The van der Waals surface area contributed by atoms with Crippen molar-refractivity contribution in [3.05, 3.63) is 48.0 Å². The Morgan fingerprint density at radius 1 is 1.33 bits per heavy atom. The van der Waals surface area contributed by atoms with Crippen LogP contribution in [0.15, 0.2) is 41.6 Å². The van der Waals surface area contributed by atoms with E-state index in [1.165, 1.54) is 12.1 Å². The van der Waals surface area contributed by atoms with Gasteiger partial charge in [-0.2, -0.15) is 0 Å². The van der Waals surface area contributed by atoms with Crippen LogP contribution in [0.1, 0.15) is 35.1 Å². The molecule has 2 aromatic rings. The summed E-state index contributed by atoms with van der Waals surface area (Å²) in [5.41, 5.74) is 0.370. The second-order valence-electron chi connectivity index (χ2n) is 7.04. The third-order valence-electron chi connectivity index (χ3n) is 4.95. The monoisotopic (exact) mass is 389 g/mol. The van der Waals surface area contributed by atoms with Crippen LogP contribution in [0.3, 0.4) is 0 Å². The third kappa shape index (κ3) is 3.76. The summed E-state index contributed by atoms with van der Waals surface area (Å²) in [5, 5.41) is 3.30. The predicted octanol–water partition coefficient (Wildman–Crippen LogP) is 0.648. The average Bonchev–Trinajstić information content (AvgIpc) is 3.37. The maximum atomic E-state index is 13.2. The van der Waals surface area contributed by atoms with Crippen LogP contribution in [-0.4, -0.2) is 54.5 Å². The average molecular weight is 389 g/mol. The molecule has 1 saturated carbocycles. The zero-order valence-corrected chi connectivity index (χ0v) is 15.9. The number of nitrogens with zero attached hydrogens (tertiary/aromatic N) is 3. The molecular formula is C18H23N5O3S. The van der Waals surface area contributed by atoms with Crippen molar-refractivity contribution in [2.24, 2.45) is 7.05 Å². The molecule has 2 N–H and O–H groups in total. The molecule has 8 nitrogen and oxygen atoms in total. The van der Waals surface area contributed by atoms with Gasteiger partial charge in [0, 0.05) is 50.7 Å². The number of carbonyl (C=O) groups excluding carboxylic acids is 1. The van der Waals surface area contributed by atoms with Gasteiger partial charge in [0.05, 0.1) is 4.90 Å². The van der Waals surface area contributed by atoms with E-state index in [0.29, 0.717) is 25.2 Å². The van der Waals surface area contributed by atoms with Crippen LogP contribution in [0.2, 0.25) is 0 Å². The van der Waals surface area contributed by atoms with Crippen LogP contribution in [0.4, 0.5) is 0 Å². The first-order valence-electron chi connectivity index (χ1n) is 9.07. The molecule has 1 unspecified atom stereocenters. The predicted molar refractivity (Wildman–Crippen MR) is 99.6 cm³/mol. The van der Waals surface area contributed by atoms with Crippen LogP contribution < -0.4 is 10.0 Å². The molecular weight excluding hydrogens is 366 g/mol. The Bertz CT molecular complexity index is 951. The number of aryl methyl sites for hydroxylation is 1. The van der Waals surface area contributed by atoms with E-state index >= 15 is 0 Å². The number of rotatable bonds is 5. The van der Waals surface area contributed by atoms with E-state index in [2.05, 4.69) is 15.0 Å². The Morgan fingerprint density at radius 3 is 2.85 bits per heavy atom. The Morgan fingerprint density at radius 2 is 2.15 bits per heavy atom. The van der Waals surface area contributed by atoms with Crippen molar-refractivity contribution in [2.75, 3.05) is 19.6 Å². The Hall–Kier alpha value is -2.23. The number of benzene rings is 1. The molecule has 0 radical (unpaired) electrons. The Labute approximate surface area is 158 Å². The number of nitrogens with one attached hydrogen (secondary N) is 2. The molecule has 1 aromatic carbocycles. The number of aromatic nitrogens is 2. The highest BCUT2D eigenvalue weighted by molar-refractivity contribution is 7.89. The summed E-state index contributed by atoms with van der Waals surface area (Å²) in [6, 6.07) is 6.09. The molecule has 1 amide bonds. The van der Waals surface area contributed by atoms with E-state index in [9.17, 15) is 13.2 Å². The topological polar surface area (TPSA) is 96.3 Å². The second-order valence-corrected chi connectivity index (χ2v) is 8.75. The minimum atomic E-state index is -3.60. The van der Waals surface area contributed by atoms with Gasteiger partial charge in [-0.05, 0) is 31.0 Å². The molecule has 1 aliphatic carbocycles. The molecule has 4 rings (SSSR count).